The Bertz CT molecular complexity index is 512. The minimum Gasteiger partial charge on any atom is -0.330 e. The molecule has 94 valence electrons. The number of rotatable bonds is 3. The third kappa shape index (κ3) is 2.59. The summed E-state index contributed by atoms with van der Waals surface area (Å²) in [6.45, 7) is 4.86. The topological polar surface area (TPSA) is 26.0 Å². The van der Waals surface area contributed by atoms with Crippen molar-refractivity contribution in [3.63, 3.8) is 0 Å². The molecule has 0 spiro atoms. The van der Waals surface area contributed by atoms with Gasteiger partial charge in [0.05, 0.1) is 0 Å². The predicted octanol–water partition coefficient (Wildman–Crippen LogP) is 3.73. The molecular weight excluding hydrogens is 225 g/mol. The van der Waals surface area contributed by atoms with Crippen LogP contribution < -0.4 is 5.73 Å². The molecule has 0 aromatic heterocycles. The lowest BCUT2D eigenvalue weighted by Gasteiger charge is -2.23. The maximum Gasteiger partial charge on any atom is 0.123 e. The summed E-state index contributed by atoms with van der Waals surface area (Å²) >= 11 is 0. The molecule has 0 bridgehead atoms. The van der Waals surface area contributed by atoms with Gasteiger partial charge in [0.25, 0.3) is 0 Å². The van der Waals surface area contributed by atoms with Crippen LogP contribution in [0.25, 0.3) is 11.1 Å². The Hall–Kier alpha value is -1.67. The molecule has 0 aliphatic rings. The minimum absolute atomic E-state index is 0.0126. The Balaban J connectivity index is 2.30. The van der Waals surface area contributed by atoms with Crippen molar-refractivity contribution in [1.29, 1.82) is 0 Å². The van der Waals surface area contributed by atoms with Gasteiger partial charge in [-0.2, -0.15) is 0 Å². The number of halogens is 1. The summed E-state index contributed by atoms with van der Waals surface area (Å²) in [7, 11) is 0. The molecule has 0 saturated carbocycles. The fraction of sp³-hybridized carbons (Fsp3) is 0.250. The lowest BCUT2D eigenvalue weighted by atomic mass is 9.84. The molecule has 0 fully saturated rings. The highest BCUT2D eigenvalue weighted by Gasteiger charge is 2.17. The molecule has 0 atom stereocenters. The van der Waals surface area contributed by atoms with E-state index in [0.717, 1.165) is 11.1 Å². The van der Waals surface area contributed by atoms with Crippen molar-refractivity contribution in [3.05, 3.63) is 59.9 Å². The Labute approximate surface area is 107 Å². The largest absolute Gasteiger partial charge is 0.330 e. The number of hydrogen-bond acceptors (Lipinski definition) is 1. The van der Waals surface area contributed by atoms with Gasteiger partial charge < -0.3 is 5.73 Å². The van der Waals surface area contributed by atoms with E-state index in [1.54, 1.807) is 12.1 Å². The molecule has 18 heavy (non-hydrogen) atoms. The normalized spacial score (nSPS) is 11.6. The van der Waals surface area contributed by atoms with E-state index in [-0.39, 0.29) is 11.2 Å². The minimum atomic E-state index is -0.209. The van der Waals surface area contributed by atoms with Crippen LogP contribution >= 0.6 is 0 Å². The van der Waals surface area contributed by atoms with Crippen molar-refractivity contribution in [1.82, 2.24) is 0 Å². The molecular formula is C16H18FN. The van der Waals surface area contributed by atoms with Crippen LogP contribution in [0.1, 0.15) is 19.4 Å². The average Bonchev–Trinajstić information content (AvgIpc) is 2.40. The standard InChI is InChI=1S/C16H18FN/c1-16(2,11-18)14-7-3-12(4-8-14)13-5-9-15(17)10-6-13/h3-10H,11,18H2,1-2H3. The lowest BCUT2D eigenvalue weighted by molar-refractivity contribution is 0.539. The molecule has 0 aliphatic carbocycles. The molecule has 0 saturated heterocycles. The first-order chi connectivity index (χ1) is 8.53. The van der Waals surface area contributed by atoms with Crippen molar-refractivity contribution in [3.8, 4) is 11.1 Å². The first-order valence-electron chi connectivity index (χ1n) is 6.09. The van der Waals surface area contributed by atoms with Gasteiger partial charge in [-0.25, -0.2) is 4.39 Å². The second-order valence-electron chi connectivity index (χ2n) is 5.17. The molecule has 2 N–H and O–H groups in total. The molecule has 0 aliphatic heterocycles. The summed E-state index contributed by atoms with van der Waals surface area (Å²) in [5.41, 5.74) is 9.08. The number of benzene rings is 2. The highest BCUT2D eigenvalue weighted by molar-refractivity contribution is 5.63. The van der Waals surface area contributed by atoms with E-state index < -0.39 is 0 Å². The molecule has 0 amide bonds. The summed E-state index contributed by atoms with van der Waals surface area (Å²) in [5.74, 6) is -0.209. The quantitative estimate of drug-likeness (QED) is 0.873. The smallest absolute Gasteiger partial charge is 0.123 e. The third-order valence-corrected chi connectivity index (χ3v) is 3.35. The van der Waals surface area contributed by atoms with Crippen LogP contribution in [0.2, 0.25) is 0 Å². The van der Waals surface area contributed by atoms with Crippen LogP contribution in [0, 0.1) is 5.82 Å². The zero-order chi connectivity index (χ0) is 13.2. The van der Waals surface area contributed by atoms with E-state index in [2.05, 4.69) is 38.1 Å². The predicted molar refractivity (Wildman–Crippen MR) is 73.9 cm³/mol. The van der Waals surface area contributed by atoms with Gasteiger partial charge >= 0.3 is 0 Å². The van der Waals surface area contributed by atoms with Gasteiger partial charge in [0.2, 0.25) is 0 Å². The monoisotopic (exact) mass is 243 g/mol. The zero-order valence-electron chi connectivity index (χ0n) is 10.8. The fourth-order valence-electron chi connectivity index (χ4n) is 1.87. The van der Waals surface area contributed by atoms with Crippen LogP contribution in [0.3, 0.4) is 0 Å². The van der Waals surface area contributed by atoms with E-state index in [4.69, 9.17) is 5.73 Å². The van der Waals surface area contributed by atoms with Gasteiger partial charge in [-0.3, -0.25) is 0 Å². The fourth-order valence-corrected chi connectivity index (χ4v) is 1.87. The number of hydrogen-bond donors (Lipinski definition) is 1. The summed E-state index contributed by atoms with van der Waals surface area (Å²) in [5, 5.41) is 0. The van der Waals surface area contributed by atoms with E-state index in [9.17, 15) is 4.39 Å². The highest BCUT2D eigenvalue weighted by atomic mass is 19.1. The van der Waals surface area contributed by atoms with Gasteiger partial charge in [-0.15, -0.1) is 0 Å². The maximum absolute atomic E-state index is 12.9. The summed E-state index contributed by atoms with van der Waals surface area (Å²) in [6.07, 6.45) is 0. The Kier molecular flexibility index (Phi) is 3.48. The van der Waals surface area contributed by atoms with Crippen LogP contribution in [0.15, 0.2) is 48.5 Å². The number of nitrogens with two attached hydrogens (primary N) is 1. The molecule has 0 unspecified atom stereocenters. The third-order valence-electron chi connectivity index (χ3n) is 3.35. The molecule has 2 aromatic carbocycles. The van der Waals surface area contributed by atoms with E-state index >= 15 is 0 Å². The Morgan fingerprint density at radius 2 is 1.33 bits per heavy atom. The molecule has 2 aromatic rings. The van der Waals surface area contributed by atoms with Crippen LogP contribution in [0.4, 0.5) is 4.39 Å². The van der Waals surface area contributed by atoms with Gasteiger partial charge in [0, 0.05) is 12.0 Å². The van der Waals surface area contributed by atoms with Crippen LogP contribution in [-0.2, 0) is 5.41 Å². The lowest BCUT2D eigenvalue weighted by Crippen LogP contribution is -2.27. The molecule has 0 heterocycles. The van der Waals surface area contributed by atoms with E-state index in [1.165, 1.54) is 17.7 Å². The molecule has 2 heteroatoms. The van der Waals surface area contributed by atoms with Gasteiger partial charge in [0.1, 0.15) is 5.82 Å². The van der Waals surface area contributed by atoms with E-state index in [0.29, 0.717) is 6.54 Å². The average molecular weight is 243 g/mol. The van der Waals surface area contributed by atoms with Crippen molar-refractivity contribution in [2.75, 3.05) is 6.54 Å². The van der Waals surface area contributed by atoms with Crippen LogP contribution in [0.5, 0.6) is 0 Å². The zero-order valence-corrected chi connectivity index (χ0v) is 10.8. The Morgan fingerprint density at radius 3 is 1.78 bits per heavy atom. The molecule has 2 rings (SSSR count). The molecule has 0 radical (unpaired) electrons. The summed E-state index contributed by atoms with van der Waals surface area (Å²) < 4.78 is 12.9. The maximum atomic E-state index is 12.9. The summed E-state index contributed by atoms with van der Waals surface area (Å²) in [6, 6.07) is 14.8. The van der Waals surface area contributed by atoms with Crippen molar-refractivity contribution in [2.24, 2.45) is 5.73 Å². The van der Waals surface area contributed by atoms with E-state index in [1.807, 2.05) is 0 Å². The van der Waals surface area contributed by atoms with Crippen molar-refractivity contribution < 1.29 is 4.39 Å². The molecule has 1 nitrogen and oxygen atoms in total. The SMILES string of the molecule is CC(C)(CN)c1ccc(-c2ccc(F)cc2)cc1. The first kappa shape index (κ1) is 12.8. The second kappa shape index (κ2) is 4.91. The van der Waals surface area contributed by atoms with Crippen molar-refractivity contribution in [2.45, 2.75) is 19.3 Å². The second-order valence-corrected chi connectivity index (χ2v) is 5.17. The Morgan fingerprint density at radius 1 is 0.889 bits per heavy atom. The van der Waals surface area contributed by atoms with Gasteiger partial charge in [-0.05, 0) is 28.8 Å². The van der Waals surface area contributed by atoms with Crippen LogP contribution in [-0.4, -0.2) is 6.54 Å². The summed E-state index contributed by atoms with van der Waals surface area (Å²) in [4.78, 5) is 0. The first-order valence-corrected chi connectivity index (χ1v) is 6.09. The van der Waals surface area contributed by atoms with Gasteiger partial charge in [-0.1, -0.05) is 50.2 Å². The van der Waals surface area contributed by atoms with Gasteiger partial charge in [0.15, 0.2) is 0 Å². The van der Waals surface area contributed by atoms with Crippen molar-refractivity contribution >= 4 is 0 Å². The highest BCUT2D eigenvalue weighted by Crippen LogP contribution is 2.25.